The smallest absolute Gasteiger partial charge is 0.248 e. The first-order valence-electron chi connectivity index (χ1n) is 7.07. The Morgan fingerprint density at radius 1 is 1.17 bits per heavy atom. The average molecular weight is 322 g/mol. The molecule has 0 radical (unpaired) electrons. The lowest BCUT2D eigenvalue weighted by Gasteiger charge is -2.08. The summed E-state index contributed by atoms with van der Waals surface area (Å²) in [6.45, 7) is 0. The van der Waals surface area contributed by atoms with Crippen molar-refractivity contribution in [3.63, 3.8) is 0 Å². The normalized spacial score (nSPS) is 11.0. The number of fused-ring (bicyclic) bond motifs is 1. The number of anilines is 1. The lowest BCUT2D eigenvalue weighted by atomic mass is 10.2. The topological polar surface area (TPSA) is 102 Å². The van der Waals surface area contributed by atoms with Crippen molar-refractivity contribution in [1.82, 2.24) is 24.5 Å². The molecule has 7 nitrogen and oxygen atoms in total. The number of aromatic nitrogens is 5. The van der Waals surface area contributed by atoms with E-state index in [1.54, 1.807) is 22.8 Å². The third kappa shape index (κ3) is 2.21. The van der Waals surface area contributed by atoms with Crippen molar-refractivity contribution in [2.24, 2.45) is 0 Å². The van der Waals surface area contributed by atoms with Gasteiger partial charge in [-0.3, -0.25) is 9.36 Å². The SMILES string of the molecule is Nc1ncnc2c1nc(-c1cccc(F)c1)n2-c1ccc(=O)[nH]c1. The summed E-state index contributed by atoms with van der Waals surface area (Å²) < 4.78 is 15.3. The number of hydrogen-bond acceptors (Lipinski definition) is 5. The molecule has 4 rings (SSSR count). The summed E-state index contributed by atoms with van der Waals surface area (Å²) in [5.41, 5.74) is 7.70. The number of pyridine rings is 1. The van der Waals surface area contributed by atoms with Crippen LogP contribution in [0, 0.1) is 5.82 Å². The second-order valence-electron chi connectivity index (χ2n) is 5.12. The summed E-state index contributed by atoms with van der Waals surface area (Å²) in [6.07, 6.45) is 2.86. The van der Waals surface area contributed by atoms with Crippen molar-refractivity contribution >= 4 is 17.0 Å². The Balaban J connectivity index is 2.09. The van der Waals surface area contributed by atoms with Gasteiger partial charge in [0.25, 0.3) is 0 Å². The zero-order valence-electron chi connectivity index (χ0n) is 12.3. The fourth-order valence-corrected chi connectivity index (χ4v) is 2.52. The number of halogens is 1. The highest BCUT2D eigenvalue weighted by Crippen LogP contribution is 2.28. The number of nitrogens with two attached hydrogens (primary N) is 1. The van der Waals surface area contributed by atoms with Gasteiger partial charge in [0.15, 0.2) is 17.0 Å². The van der Waals surface area contributed by atoms with Crippen LogP contribution in [-0.2, 0) is 0 Å². The lowest BCUT2D eigenvalue weighted by molar-refractivity contribution is 0.628. The Hall–Kier alpha value is -3.55. The standard InChI is InChI=1S/C16H11FN6O/c17-10-3-1-2-9(6-10)15-22-13-14(18)20-8-21-16(13)23(15)11-4-5-12(24)19-7-11/h1-8H,(H,19,24)(H2,18,20,21). The second-order valence-corrected chi connectivity index (χ2v) is 5.12. The second kappa shape index (κ2) is 5.27. The van der Waals surface area contributed by atoms with E-state index in [9.17, 15) is 9.18 Å². The van der Waals surface area contributed by atoms with Gasteiger partial charge in [-0.25, -0.2) is 19.3 Å². The molecular weight excluding hydrogens is 311 g/mol. The number of rotatable bonds is 2. The monoisotopic (exact) mass is 322 g/mol. The van der Waals surface area contributed by atoms with E-state index >= 15 is 0 Å². The maximum absolute atomic E-state index is 13.6. The number of nitrogens with one attached hydrogen (secondary N) is 1. The van der Waals surface area contributed by atoms with E-state index in [0.29, 0.717) is 28.2 Å². The van der Waals surface area contributed by atoms with Gasteiger partial charge in [0, 0.05) is 17.8 Å². The molecule has 0 saturated heterocycles. The van der Waals surface area contributed by atoms with Crippen LogP contribution in [0.2, 0.25) is 0 Å². The van der Waals surface area contributed by atoms with E-state index in [-0.39, 0.29) is 17.2 Å². The fourth-order valence-electron chi connectivity index (χ4n) is 2.52. The average Bonchev–Trinajstić information content (AvgIpc) is 2.97. The van der Waals surface area contributed by atoms with Crippen LogP contribution in [0.4, 0.5) is 10.2 Å². The van der Waals surface area contributed by atoms with E-state index in [4.69, 9.17) is 5.73 Å². The van der Waals surface area contributed by atoms with Gasteiger partial charge < -0.3 is 10.7 Å². The Labute approximate surface area is 134 Å². The van der Waals surface area contributed by atoms with Crippen LogP contribution < -0.4 is 11.3 Å². The van der Waals surface area contributed by atoms with Crippen LogP contribution in [0.5, 0.6) is 0 Å². The zero-order chi connectivity index (χ0) is 16.7. The van der Waals surface area contributed by atoms with Gasteiger partial charge in [-0.15, -0.1) is 0 Å². The third-order valence-electron chi connectivity index (χ3n) is 3.58. The molecule has 3 aromatic heterocycles. The zero-order valence-corrected chi connectivity index (χ0v) is 12.3. The third-order valence-corrected chi connectivity index (χ3v) is 3.58. The van der Waals surface area contributed by atoms with Crippen LogP contribution >= 0.6 is 0 Å². The van der Waals surface area contributed by atoms with Gasteiger partial charge in [-0.1, -0.05) is 12.1 Å². The Bertz CT molecular complexity index is 1100. The predicted octanol–water partition coefficient (Wildman–Crippen LogP) is 1.89. The molecule has 8 heteroatoms. The first-order chi connectivity index (χ1) is 11.6. The van der Waals surface area contributed by atoms with Crippen molar-refractivity contribution in [2.45, 2.75) is 0 Å². The molecule has 4 aromatic rings. The molecule has 24 heavy (non-hydrogen) atoms. The Kier molecular flexibility index (Phi) is 3.09. The molecule has 118 valence electrons. The summed E-state index contributed by atoms with van der Waals surface area (Å²) in [5, 5.41) is 0. The molecule has 3 heterocycles. The van der Waals surface area contributed by atoms with Crippen molar-refractivity contribution in [3.8, 4) is 17.1 Å². The molecule has 0 aliphatic heterocycles. The van der Waals surface area contributed by atoms with Gasteiger partial charge in [-0.05, 0) is 18.2 Å². The molecule has 0 aliphatic carbocycles. The molecule has 0 unspecified atom stereocenters. The van der Waals surface area contributed by atoms with Crippen molar-refractivity contribution < 1.29 is 4.39 Å². The summed E-state index contributed by atoms with van der Waals surface area (Å²) in [6, 6.07) is 9.06. The van der Waals surface area contributed by atoms with Crippen LogP contribution in [0.1, 0.15) is 0 Å². The van der Waals surface area contributed by atoms with Gasteiger partial charge in [0.05, 0.1) is 5.69 Å². The van der Waals surface area contributed by atoms with E-state index in [1.165, 1.54) is 30.7 Å². The number of benzene rings is 1. The molecule has 1 aromatic carbocycles. The Morgan fingerprint density at radius 3 is 2.79 bits per heavy atom. The quantitative estimate of drug-likeness (QED) is 0.587. The minimum atomic E-state index is -0.383. The van der Waals surface area contributed by atoms with E-state index < -0.39 is 0 Å². The summed E-state index contributed by atoms with van der Waals surface area (Å²) in [4.78, 5) is 26.6. The van der Waals surface area contributed by atoms with Crippen LogP contribution in [0.25, 0.3) is 28.2 Å². The highest BCUT2D eigenvalue weighted by molar-refractivity contribution is 5.87. The Morgan fingerprint density at radius 2 is 2.04 bits per heavy atom. The van der Waals surface area contributed by atoms with Crippen molar-refractivity contribution in [3.05, 3.63) is 65.1 Å². The van der Waals surface area contributed by atoms with Gasteiger partial charge >= 0.3 is 0 Å². The van der Waals surface area contributed by atoms with Gasteiger partial charge in [-0.2, -0.15) is 0 Å². The molecule has 0 atom stereocenters. The molecule has 0 spiro atoms. The summed E-state index contributed by atoms with van der Waals surface area (Å²) >= 11 is 0. The lowest BCUT2D eigenvalue weighted by Crippen LogP contribution is -2.06. The minimum Gasteiger partial charge on any atom is -0.382 e. The number of nitrogens with zero attached hydrogens (tertiary/aromatic N) is 4. The predicted molar refractivity (Wildman–Crippen MR) is 87.1 cm³/mol. The summed E-state index contributed by atoms with van der Waals surface area (Å²) in [5.74, 6) is 0.288. The van der Waals surface area contributed by atoms with E-state index in [1.807, 2.05) is 0 Å². The highest BCUT2D eigenvalue weighted by atomic mass is 19.1. The molecule has 0 saturated carbocycles. The molecule has 0 bridgehead atoms. The number of aromatic amines is 1. The van der Waals surface area contributed by atoms with Crippen molar-refractivity contribution in [1.29, 1.82) is 0 Å². The van der Waals surface area contributed by atoms with E-state index in [0.717, 1.165) is 0 Å². The number of nitrogen functional groups attached to an aromatic ring is 1. The van der Waals surface area contributed by atoms with Gasteiger partial charge in [0.2, 0.25) is 5.56 Å². The van der Waals surface area contributed by atoms with Crippen molar-refractivity contribution in [2.75, 3.05) is 5.73 Å². The fraction of sp³-hybridized carbons (Fsp3) is 0. The molecule has 0 fully saturated rings. The molecule has 0 aliphatic rings. The maximum Gasteiger partial charge on any atom is 0.248 e. The van der Waals surface area contributed by atoms with Gasteiger partial charge in [0.1, 0.15) is 18.0 Å². The number of hydrogen-bond donors (Lipinski definition) is 2. The summed E-state index contributed by atoms with van der Waals surface area (Å²) in [7, 11) is 0. The van der Waals surface area contributed by atoms with Crippen LogP contribution in [0.3, 0.4) is 0 Å². The van der Waals surface area contributed by atoms with E-state index in [2.05, 4.69) is 19.9 Å². The highest BCUT2D eigenvalue weighted by Gasteiger charge is 2.18. The number of H-pyrrole nitrogens is 1. The first kappa shape index (κ1) is 14.1. The van der Waals surface area contributed by atoms with Crippen LogP contribution in [-0.4, -0.2) is 24.5 Å². The molecular formula is C16H11FN6O. The molecule has 3 N–H and O–H groups in total. The molecule has 0 amide bonds. The minimum absolute atomic E-state index is 0.223. The largest absolute Gasteiger partial charge is 0.382 e. The first-order valence-corrected chi connectivity index (χ1v) is 7.07. The maximum atomic E-state index is 13.6. The van der Waals surface area contributed by atoms with Crippen LogP contribution in [0.15, 0.2) is 53.7 Å². The number of imidazole rings is 1.